The summed E-state index contributed by atoms with van der Waals surface area (Å²) in [5.74, 6) is 5.99. The number of aliphatic hydroxyl groups is 3. The summed E-state index contributed by atoms with van der Waals surface area (Å²) in [6, 6.07) is 14.5. The van der Waals surface area contributed by atoms with Crippen molar-refractivity contribution in [3.63, 3.8) is 0 Å². The third-order valence-electron chi connectivity index (χ3n) is 5.84. The van der Waals surface area contributed by atoms with Crippen molar-refractivity contribution in [2.45, 2.75) is 62.9 Å². The molecule has 1 heterocycles. The maximum absolute atomic E-state index is 10.1. The highest BCUT2D eigenvalue weighted by atomic mass is 16.5. The van der Waals surface area contributed by atoms with Gasteiger partial charge >= 0.3 is 0 Å². The van der Waals surface area contributed by atoms with Crippen LogP contribution >= 0.6 is 0 Å². The van der Waals surface area contributed by atoms with Gasteiger partial charge < -0.3 is 20.1 Å². The monoisotopic (exact) mass is 392 g/mol. The summed E-state index contributed by atoms with van der Waals surface area (Å²) in [4.78, 5) is 0. The van der Waals surface area contributed by atoms with Gasteiger partial charge in [-0.25, -0.2) is 0 Å². The lowest BCUT2D eigenvalue weighted by atomic mass is 9.92. The van der Waals surface area contributed by atoms with Gasteiger partial charge in [-0.1, -0.05) is 42.2 Å². The van der Waals surface area contributed by atoms with Crippen molar-refractivity contribution < 1.29 is 20.1 Å². The summed E-state index contributed by atoms with van der Waals surface area (Å²) in [6.45, 7) is 2.03. The molecule has 2 aromatic carbocycles. The number of ether oxygens (including phenoxy) is 1. The number of hydrogen-bond acceptors (Lipinski definition) is 4. The van der Waals surface area contributed by atoms with Gasteiger partial charge in [0, 0.05) is 18.4 Å². The van der Waals surface area contributed by atoms with E-state index in [2.05, 4.69) is 49.1 Å². The van der Waals surface area contributed by atoms with Gasteiger partial charge in [0.2, 0.25) is 0 Å². The molecule has 4 nitrogen and oxygen atoms in total. The largest absolute Gasteiger partial charge is 0.394 e. The van der Waals surface area contributed by atoms with Crippen LogP contribution in [0.15, 0.2) is 42.5 Å². The number of benzene rings is 2. The van der Waals surface area contributed by atoms with Gasteiger partial charge in [0.15, 0.2) is 0 Å². The molecular formula is C25H28O4. The average molecular weight is 392 g/mol. The van der Waals surface area contributed by atoms with Gasteiger partial charge in [-0.15, -0.1) is 0 Å². The maximum Gasteiger partial charge on any atom is 0.126 e. The van der Waals surface area contributed by atoms with E-state index >= 15 is 0 Å². The Morgan fingerprint density at radius 1 is 1.10 bits per heavy atom. The number of aryl methyl sites for hydroxylation is 1. The van der Waals surface area contributed by atoms with Crippen LogP contribution < -0.4 is 0 Å². The lowest BCUT2D eigenvalue weighted by Crippen LogP contribution is -2.33. The van der Waals surface area contributed by atoms with Crippen molar-refractivity contribution in [2.75, 3.05) is 6.61 Å². The summed E-state index contributed by atoms with van der Waals surface area (Å²) in [7, 11) is 0. The zero-order valence-corrected chi connectivity index (χ0v) is 16.8. The minimum absolute atomic E-state index is 0.0705. The molecule has 1 aliphatic heterocycles. The molecule has 2 aliphatic rings. The number of hydrogen-bond donors (Lipinski definition) is 3. The van der Waals surface area contributed by atoms with E-state index in [9.17, 15) is 15.3 Å². The van der Waals surface area contributed by atoms with Crippen LogP contribution in [0.4, 0.5) is 0 Å². The molecule has 1 saturated heterocycles. The van der Waals surface area contributed by atoms with Crippen molar-refractivity contribution in [3.8, 4) is 11.8 Å². The van der Waals surface area contributed by atoms with Gasteiger partial charge in [0.05, 0.1) is 24.9 Å². The topological polar surface area (TPSA) is 69.9 Å². The number of rotatable bonds is 4. The van der Waals surface area contributed by atoms with Crippen molar-refractivity contribution in [1.82, 2.24) is 0 Å². The van der Waals surface area contributed by atoms with Crippen LogP contribution in [0.25, 0.3) is 0 Å². The molecule has 0 amide bonds. The molecule has 2 aromatic rings. The normalized spacial score (nSPS) is 25.2. The fourth-order valence-electron chi connectivity index (χ4n) is 3.76. The fraction of sp³-hybridized carbons (Fsp3) is 0.440. The van der Waals surface area contributed by atoms with Crippen molar-refractivity contribution >= 4 is 0 Å². The van der Waals surface area contributed by atoms with Crippen LogP contribution in [0, 0.1) is 18.8 Å². The Hall–Kier alpha value is -2.16. The van der Waals surface area contributed by atoms with E-state index < -0.39 is 11.7 Å². The van der Waals surface area contributed by atoms with E-state index in [1.165, 1.54) is 16.7 Å². The quantitative estimate of drug-likeness (QED) is 0.700. The van der Waals surface area contributed by atoms with Gasteiger partial charge in [0.1, 0.15) is 5.60 Å². The molecular weight excluding hydrogens is 364 g/mol. The molecule has 152 valence electrons. The molecule has 0 radical (unpaired) electrons. The second-order valence-corrected chi connectivity index (χ2v) is 8.40. The molecule has 0 spiro atoms. The molecule has 3 atom stereocenters. The highest BCUT2D eigenvalue weighted by molar-refractivity contribution is 5.42. The predicted molar refractivity (Wildman–Crippen MR) is 111 cm³/mol. The molecule has 1 aliphatic carbocycles. The molecule has 4 heteroatoms. The van der Waals surface area contributed by atoms with E-state index in [0.717, 1.165) is 30.4 Å². The van der Waals surface area contributed by atoms with Crippen LogP contribution in [-0.4, -0.2) is 39.7 Å². The smallest absolute Gasteiger partial charge is 0.126 e. The van der Waals surface area contributed by atoms with Gasteiger partial charge in [0.25, 0.3) is 0 Å². The van der Waals surface area contributed by atoms with Crippen LogP contribution in [-0.2, 0) is 11.2 Å². The molecule has 0 aromatic heterocycles. The maximum atomic E-state index is 10.1. The lowest BCUT2D eigenvalue weighted by molar-refractivity contribution is -0.113. The van der Waals surface area contributed by atoms with E-state index in [0.29, 0.717) is 12.8 Å². The highest BCUT2D eigenvalue weighted by Crippen LogP contribution is 2.34. The van der Waals surface area contributed by atoms with Crippen molar-refractivity contribution in [2.24, 2.45) is 0 Å². The first-order chi connectivity index (χ1) is 13.9. The Bertz CT molecular complexity index is 918. The second-order valence-electron chi connectivity index (χ2n) is 8.40. The average Bonchev–Trinajstić information content (AvgIpc) is 3.46. The highest BCUT2D eigenvalue weighted by Gasteiger charge is 2.38. The van der Waals surface area contributed by atoms with Crippen LogP contribution in [0.1, 0.15) is 59.6 Å². The number of aliphatic hydroxyl groups excluding tert-OH is 2. The first-order valence-corrected chi connectivity index (χ1v) is 10.3. The predicted octanol–water partition coefficient (Wildman–Crippen LogP) is 3.04. The standard InChI is InChI=1S/C25H28O4/c1-17-2-7-20(24-15-22(27)14-23(16-26)29-24)13-21(17)12-19-5-3-18(4-6-19)8-9-25(28)10-11-25/h2-7,13,22-24,26-28H,10-12,14-16H2,1H3/t22-,23-,24+/m0/s1. The minimum Gasteiger partial charge on any atom is -0.394 e. The van der Waals surface area contributed by atoms with Crippen LogP contribution in [0.5, 0.6) is 0 Å². The Morgan fingerprint density at radius 3 is 2.55 bits per heavy atom. The third kappa shape index (κ3) is 5.07. The van der Waals surface area contributed by atoms with Crippen molar-refractivity contribution in [3.05, 3.63) is 70.3 Å². The van der Waals surface area contributed by atoms with Crippen LogP contribution in [0.2, 0.25) is 0 Å². The van der Waals surface area contributed by atoms with E-state index in [-0.39, 0.29) is 18.8 Å². The summed E-state index contributed by atoms with van der Waals surface area (Å²) in [5.41, 5.74) is 4.84. The molecule has 4 rings (SSSR count). The lowest BCUT2D eigenvalue weighted by Gasteiger charge is -2.32. The summed E-state index contributed by atoms with van der Waals surface area (Å²) < 4.78 is 5.97. The molecule has 0 bridgehead atoms. The van der Waals surface area contributed by atoms with Gasteiger partial charge in [-0.3, -0.25) is 0 Å². The Labute approximate surface area is 172 Å². The van der Waals surface area contributed by atoms with Crippen molar-refractivity contribution in [1.29, 1.82) is 0 Å². The molecule has 2 fully saturated rings. The molecule has 0 unspecified atom stereocenters. The fourth-order valence-corrected chi connectivity index (χ4v) is 3.76. The third-order valence-corrected chi connectivity index (χ3v) is 5.84. The second kappa shape index (κ2) is 8.30. The minimum atomic E-state index is -0.750. The Balaban J connectivity index is 1.48. The molecule has 1 saturated carbocycles. The zero-order valence-electron chi connectivity index (χ0n) is 16.8. The SMILES string of the molecule is Cc1ccc([C@H]2C[C@@H](O)C[C@@H](CO)O2)cc1Cc1ccc(C#CC2(O)CC2)cc1. The summed E-state index contributed by atoms with van der Waals surface area (Å²) in [5, 5.41) is 29.4. The van der Waals surface area contributed by atoms with E-state index in [1.54, 1.807) is 0 Å². The van der Waals surface area contributed by atoms with E-state index in [4.69, 9.17) is 4.74 Å². The first kappa shape index (κ1) is 20.1. The summed E-state index contributed by atoms with van der Waals surface area (Å²) >= 11 is 0. The first-order valence-electron chi connectivity index (χ1n) is 10.3. The van der Waals surface area contributed by atoms with Crippen LogP contribution in [0.3, 0.4) is 0 Å². The Morgan fingerprint density at radius 2 is 1.86 bits per heavy atom. The van der Waals surface area contributed by atoms with Gasteiger partial charge in [-0.2, -0.15) is 0 Å². The Kier molecular flexibility index (Phi) is 5.76. The van der Waals surface area contributed by atoms with Gasteiger partial charge in [-0.05, 0) is 60.6 Å². The zero-order chi connectivity index (χ0) is 20.4. The van der Waals surface area contributed by atoms with E-state index in [1.807, 2.05) is 12.1 Å². The molecule has 29 heavy (non-hydrogen) atoms. The molecule has 3 N–H and O–H groups in total. The summed E-state index contributed by atoms with van der Waals surface area (Å²) in [6.07, 6.45) is 2.44.